The number of halogens is 2. The summed E-state index contributed by atoms with van der Waals surface area (Å²) in [6.45, 7) is 3.29. The predicted molar refractivity (Wildman–Crippen MR) is 113 cm³/mol. The molecule has 0 bridgehead atoms. The summed E-state index contributed by atoms with van der Waals surface area (Å²) in [5.74, 6) is 0.362. The second-order valence-electron chi connectivity index (χ2n) is 6.37. The highest BCUT2D eigenvalue weighted by Gasteiger charge is 2.35. The van der Waals surface area contributed by atoms with Gasteiger partial charge in [-0.15, -0.1) is 0 Å². The molecule has 1 aliphatic rings. The summed E-state index contributed by atoms with van der Waals surface area (Å²) < 4.78 is 10.7. The van der Waals surface area contributed by atoms with Crippen LogP contribution < -0.4 is 19.4 Å². The third kappa shape index (κ3) is 4.02. The molecule has 2 aromatic rings. The van der Waals surface area contributed by atoms with Crippen molar-refractivity contribution in [3.05, 3.63) is 45.9 Å². The van der Waals surface area contributed by atoms with Crippen LogP contribution in [0, 0.1) is 6.92 Å². The first-order valence-corrected chi connectivity index (χ1v) is 9.41. The molecule has 2 amide bonds. The fraction of sp³-hybridized carbons (Fsp3) is 0.250. The number of hydrogen-bond acceptors (Lipinski definition) is 5. The van der Waals surface area contributed by atoms with Crippen molar-refractivity contribution in [1.29, 1.82) is 0 Å². The van der Waals surface area contributed by atoms with Gasteiger partial charge in [0.25, 0.3) is 5.91 Å². The molecular weight excluding hydrogens is 417 g/mol. The Morgan fingerprint density at radius 1 is 1.14 bits per heavy atom. The van der Waals surface area contributed by atoms with Gasteiger partial charge in [-0.2, -0.15) is 10.1 Å². The Hall–Kier alpha value is -2.77. The van der Waals surface area contributed by atoms with E-state index in [9.17, 15) is 9.59 Å². The third-order valence-electron chi connectivity index (χ3n) is 4.33. The third-order valence-corrected chi connectivity index (χ3v) is 4.84. The van der Waals surface area contributed by atoms with Gasteiger partial charge in [0, 0.05) is 18.0 Å². The largest absolute Gasteiger partial charge is 0.495 e. The SMILES string of the molecule is COc1ccc(C)cc1N(C(C)=O)C1=NN(c2c(Cl)cc(Cl)cc2OC)C(=O)C1. The van der Waals surface area contributed by atoms with Crippen LogP contribution in [0.25, 0.3) is 0 Å². The first-order chi connectivity index (χ1) is 13.8. The predicted octanol–water partition coefficient (Wildman–Crippen LogP) is 4.42. The van der Waals surface area contributed by atoms with Crippen molar-refractivity contribution >= 4 is 52.2 Å². The number of carbonyl (C=O) groups excluding carboxylic acids is 2. The minimum absolute atomic E-state index is 0.0984. The van der Waals surface area contributed by atoms with Crippen molar-refractivity contribution in [3.63, 3.8) is 0 Å². The summed E-state index contributed by atoms with van der Waals surface area (Å²) in [6.07, 6.45) is -0.0984. The molecule has 9 heteroatoms. The molecule has 1 aliphatic heterocycles. The molecule has 0 saturated heterocycles. The minimum atomic E-state index is -0.361. The summed E-state index contributed by atoms with van der Waals surface area (Å²) in [6, 6.07) is 8.46. The van der Waals surface area contributed by atoms with Gasteiger partial charge in [0.2, 0.25) is 5.91 Å². The molecule has 0 saturated carbocycles. The van der Waals surface area contributed by atoms with Crippen LogP contribution in [-0.2, 0) is 9.59 Å². The Morgan fingerprint density at radius 3 is 2.45 bits per heavy atom. The topological polar surface area (TPSA) is 71.4 Å². The van der Waals surface area contributed by atoms with Crippen molar-refractivity contribution in [2.75, 3.05) is 24.1 Å². The van der Waals surface area contributed by atoms with E-state index >= 15 is 0 Å². The van der Waals surface area contributed by atoms with Crippen molar-refractivity contribution in [3.8, 4) is 11.5 Å². The Labute approximate surface area is 178 Å². The van der Waals surface area contributed by atoms with E-state index in [2.05, 4.69) is 5.10 Å². The number of carbonyl (C=O) groups is 2. The van der Waals surface area contributed by atoms with Gasteiger partial charge < -0.3 is 9.47 Å². The van der Waals surface area contributed by atoms with E-state index in [0.29, 0.717) is 22.2 Å². The number of hydrazone groups is 1. The van der Waals surface area contributed by atoms with Crippen molar-refractivity contribution in [2.45, 2.75) is 20.3 Å². The maximum atomic E-state index is 12.8. The van der Waals surface area contributed by atoms with Gasteiger partial charge in [0.1, 0.15) is 23.0 Å². The molecule has 0 fully saturated rings. The number of hydrogen-bond donors (Lipinski definition) is 0. The van der Waals surface area contributed by atoms with Crippen molar-refractivity contribution in [1.82, 2.24) is 0 Å². The quantitative estimate of drug-likeness (QED) is 0.712. The summed E-state index contributed by atoms with van der Waals surface area (Å²) in [4.78, 5) is 26.6. The number of nitrogens with zero attached hydrogens (tertiary/aromatic N) is 3. The number of aryl methyl sites for hydroxylation is 1. The number of amides is 2. The summed E-state index contributed by atoms with van der Waals surface area (Å²) in [7, 11) is 2.95. The Morgan fingerprint density at radius 2 is 1.83 bits per heavy atom. The molecule has 3 rings (SSSR count). The number of amidine groups is 1. The van der Waals surface area contributed by atoms with Gasteiger partial charge in [-0.3, -0.25) is 14.5 Å². The van der Waals surface area contributed by atoms with Gasteiger partial charge in [-0.05, 0) is 30.7 Å². The van der Waals surface area contributed by atoms with Gasteiger partial charge in [-0.25, -0.2) is 0 Å². The number of benzene rings is 2. The van der Waals surface area contributed by atoms with E-state index < -0.39 is 0 Å². The summed E-state index contributed by atoms with van der Waals surface area (Å²) in [5, 5.41) is 6.08. The van der Waals surface area contributed by atoms with Gasteiger partial charge in [-0.1, -0.05) is 29.3 Å². The average molecular weight is 436 g/mol. The van der Waals surface area contributed by atoms with Crippen molar-refractivity contribution in [2.24, 2.45) is 5.10 Å². The molecule has 0 atom stereocenters. The molecule has 29 heavy (non-hydrogen) atoms. The number of rotatable bonds is 4. The first-order valence-electron chi connectivity index (χ1n) is 8.65. The maximum Gasteiger partial charge on any atom is 0.255 e. The molecule has 2 aromatic carbocycles. The molecule has 0 unspecified atom stereocenters. The van der Waals surface area contributed by atoms with E-state index in [-0.39, 0.29) is 34.8 Å². The zero-order chi connectivity index (χ0) is 21.3. The van der Waals surface area contributed by atoms with Gasteiger partial charge in [0.05, 0.1) is 31.4 Å². The van der Waals surface area contributed by atoms with Crippen LogP contribution >= 0.6 is 23.2 Å². The molecular formula is C20H19Cl2N3O4. The monoisotopic (exact) mass is 435 g/mol. The second kappa shape index (κ2) is 8.31. The van der Waals surface area contributed by atoms with Crippen LogP contribution in [0.4, 0.5) is 11.4 Å². The highest BCUT2D eigenvalue weighted by atomic mass is 35.5. The first kappa shape index (κ1) is 21.0. The van der Waals surface area contributed by atoms with Crippen LogP contribution in [0.1, 0.15) is 18.9 Å². The van der Waals surface area contributed by atoms with E-state index in [4.69, 9.17) is 32.7 Å². The minimum Gasteiger partial charge on any atom is -0.495 e. The van der Waals surface area contributed by atoms with E-state index in [1.54, 1.807) is 12.1 Å². The van der Waals surface area contributed by atoms with E-state index in [1.807, 2.05) is 13.0 Å². The van der Waals surface area contributed by atoms with Crippen LogP contribution in [-0.4, -0.2) is 31.9 Å². The highest BCUT2D eigenvalue weighted by Crippen LogP contribution is 2.41. The number of anilines is 2. The lowest BCUT2D eigenvalue weighted by atomic mass is 10.1. The summed E-state index contributed by atoms with van der Waals surface area (Å²) >= 11 is 12.3. The van der Waals surface area contributed by atoms with Crippen LogP contribution in [0.2, 0.25) is 10.0 Å². The summed E-state index contributed by atoms with van der Waals surface area (Å²) in [5.41, 5.74) is 1.69. The van der Waals surface area contributed by atoms with E-state index in [0.717, 1.165) is 10.6 Å². The van der Waals surface area contributed by atoms with E-state index in [1.165, 1.54) is 38.2 Å². The lowest BCUT2D eigenvalue weighted by Crippen LogP contribution is -2.35. The smallest absolute Gasteiger partial charge is 0.255 e. The van der Waals surface area contributed by atoms with Crippen molar-refractivity contribution < 1.29 is 19.1 Å². The maximum absolute atomic E-state index is 12.8. The van der Waals surface area contributed by atoms with Gasteiger partial charge in [0.15, 0.2) is 0 Å². The standard InChI is InChI=1S/C20H19Cl2N3O4/c1-11-5-6-16(28-3)15(7-11)24(12(2)26)18-10-19(27)25(23-18)20-14(22)8-13(21)9-17(20)29-4/h5-9H,10H2,1-4H3. The number of methoxy groups -OCH3 is 2. The Balaban J connectivity index is 2.11. The van der Waals surface area contributed by atoms with Crippen LogP contribution in [0.3, 0.4) is 0 Å². The molecule has 0 spiro atoms. The fourth-order valence-corrected chi connectivity index (χ4v) is 3.64. The number of ether oxygens (including phenoxy) is 2. The zero-order valence-corrected chi connectivity index (χ0v) is 17.8. The molecule has 7 nitrogen and oxygen atoms in total. The Kier molecular flexibility index (Phi) is 6.00. The average Bonchev–Trinajstić information content (AvgIpc) is 3.01. The van der Waals surface area contributed by atoms with Gasteiger partial charge >= 0.3 is 0 Å². The second-order valence-corrected chi connectivity index (χ2v) is 7.21. The Bertz CT molecular complexity index is 1020. The highest BCUT2D eigenvalue weighted by molar-refractivity contribution is 6.38. The molecule has 1 heterocycles. The normalized spacial score (nSPS) is 13.4. The fourth-order valence-electron chi connectivity index (χ4n) is 3.08. The zero-order valence-electron chi connectivity index (χ0n) is 16.3. The molecule has 0 radical (unpaired) electrons. The molecule has 0 N–H and O–H groups in total. The molecule has 0 aliphatic carbocycles. The van der Waals surface area contributed by atoms with Crippen LogP contribution in [0.5, 0.6) is 11.5 Å². The van der Waals surface area contributed by atoms with Crippen LogP contribution in [0.15, 0.2) is 35.4 Å². The lowest BCUT2D eigenvalue weighted by Gasteiger charge is -2.23. The molecule has 0 aromatic heterocycles. The molecule has 152 valence electrons. The lowest BCUT2D eigenvalue weighted by molar-refractivity contribution is -0.117.